The van der Waals surface area contributed by atoms with Crippen LogP contribution >= 0.6 is 22.6 Å². The number of halogens is 4. The topological polar surface area (TPSA) is 114 Å². The van der Waals surface area contributed by atoms with Gasteiger partial charge in [-0.2, -0.15) is 0 Å². The van der Waals surface area contributed by atoms with Crippen LogP contribution in [0.4, 0.5) is 24.5 Å². The van der Waals surface area contributed by atoms with E-state index in [4.69, 9.17) is 14.8 Å². The van der Waals surface area contributed by atoms with Gasteiger partial charge in [-0.3, -0.25) is 9.63 Å². The number of hydrogen-bond donors (Lipinski definition) is 3. The van der Waals surface area contributed by atoms with Gasteiger partial charge in [-0.05, 0) is 46.9 Å². The first-order chi connectivity index (χ1) is 15.4. The van der Waals surface area contributed by atoms with Crippen molar-refractivity contribution in [3.63, 3.8) is 0 Å². The van der Waals surface area contributed by atoms with E-state index in [1.54, 1.807) is 0 Å². The number of carbonyl (C=O) groups is 1. The minimum absolute atomic E-state index is 0.109. The fraction of sp³-hybridized carbons (Fsp3) is 0.211. The molecule has 0 unspecified atom stereocenters. The zero-order chi connectivity index (χ0) is 23.5. The van der Waals surface area contributed by atoms with E-state index in [1.807, 2.05) is 28.1 Å². The molecule has 32 heavy (non-hydrogen) atoms. The number of aliphatic hydroxyl groups is 1. The molecule has 0 spiro atoms. The van der Waals surface area contributed by atoms with Crippen LogP contribution in [0.5, 0.6) is 0 Å². The van der Waals surface area contributed by atoms with E-state index in [0.29, 0.717) is 3.57 Å². The number of nitrogens with one attached hydrogen (secondary N) is 2. The van der Waals surface area contributed by atoms with E-state index < -0.39 is 46.8 Å². The Morgan fingerprint density at radius 1 is 1.22 bits per heavy atom. The van der Waals surface area contributed by atoms with Crippen LogP contribution in [0.15, 0.2) is 34.6 Å². The van der Waals surface area contributed by atoms with Crippen molar-refractivity contribution in [2.75, 3.05) is 32.2 Å². The Kier molecular flexibility index (Phi) is 10.2. The second-order valence-electron chi connectivity index (χ2n) is 5.77. The molecule has 0 saturated carbocycles. The van der Waals surface area contributed by atoms with Crippen molar-refractivity contribution in [2.24, 2.45) is 10.3 Å². The molecule has 3 N–H and O–H groups in total. The Bertz CT molecular complexity index is 1010. The summed E-state index contributed by atoms with van der Waals surface area (Å²) in [4.78, 5) is 26.4. The monoisotopic (exact) mass is 566 g/mol. The average Bonchev–Trinajstić information content (AvgIpc) is 2.76. The molecule has 2 aromatic rings. The van der Waals surface area contributed by atoms with Gasteiger partial charge in [-0.1, -0.05) is 10.3 Å². The molecular formula is C19H18F3IN4O5. The minimum Gasteiger partial charge on any atom is -0.399 e. The number of hydroxylamine groups is 1. The van der Waals surface area contributed by atoms with Crippen molar-refractivity contribution in [1.29, 1.82) is 0 Å². The van der Waals surface area contributed by atoms with Gasteiger partial charge in [-0.25, -0.2) is 18.7 Å². The summed E-state index contributed by atoms with van der Waals surface area (Å²) >= 11 is 1.88. The van der Waals surface area contributed by atoms with Gasteiger partial charge in [0.25, 0.3) is 5.91 Å². The molecule has 0 bridgehead atoms. The van der Waals surface area contributed by atoms with Crippen molar-refractivity contribution in [3.05, 3.63) is 56.4 Å². The normalized spacial score (nSPS) is 11.2. The molecule has 0 radical (unpaired) electrons. The second-order valence-corrected chi connectivity index (χ2v) is 7.02. The summed E-state index contributed by atoms with van der Waals surface area (Å²) < 4.78 is 44.3. The van der Waals surface area contributed by atoms with Gasteiger partial charge < -0.3 is 20.1 Å². The van der Waals surface area contributed by atoms with Crippen molar-refractivity contribution < 1.29 is 37.6 Å². The van der Waals surface area contributed by atoms with E-state index in [2.05, 4.69) is 20.5 Å². The van der Waals surface area contributed by atoms with Crippen LogP contribution in [-0.2, 0) is 14.5 Å². The molecule has 2 rings (SSSR count). The zero-order valence-electron chi connectivity index (χ0n) is 16.6. The summed E-state index contributed by atoms with van der Waals surface area (Å²) in [5.41, 5.74) is 0.335. The lowest BCUT2D eigenvalue weighted by Gasteiger charge is -2.15. The lowest BCUT2D eigenvalue weighted by Crippen LogP contribution is -2.26. The van der Waals surface area contributed by atoms with Gasteiger partial charge in [-0.15, -0.1) is 0 Å². The van der Waals surface area contributed by atoms with Crippen molar-refractivity contribution in [1.82, 2.24) is 5.48 Å². The summed E-state index contributed by atoms with van der Waals surface area (Å²) in [5, 5.41) is 18.0. The lowest BCUT2D eigenvalue weighted by molar-refractivity contribution is 0.0168. The Morgan fingerprint density at radius 2 is 2.00 bits per heavy atom. The molecule has 13 heteroatoms. The highest BCUT2D eigenvalue weighted by Crippen LogP contribution is 2.30. The molecule has 0 aromatic heterocycles. The van der Waals surface area contributed by atoms with Gasteiger partial charge in [0.1, 0.15) is 12.9 Å². The molecule has 0 atom stereocenters. The predicted octanol–water partition coefficient (Wildman–Crippen LogP) is 3.09. The van der Waals surface area contributed by atoms with Gasteiger partial charge in [0, 0.05) is 9.13 Å². The van der Waals surface area contributed by atoms with E-state index >= 15 is 0 Å². The number of oxime groups is 2. The maximum absolute atomic E-state index is 14.9. The van der Waals surface area contributed by atoms with Gasteiger partial charge in [0.2, 0.25) is 0 Å². The van der Waals surface area contributed by atoms with Gasteiger partial charge in [0.15, 0.2) is 18.2 Å². The number of anilines is 2. The summed E-state index contributed by atoms with van der Waals surface area (Å²) in [5.74, 6) is -4.53. The third-order valence-corrected chi connectivity index (χ3v) is 4.29. The standard InChI is InChI=1S/C19H18F3IN4O5/c1-30-24-4-6-31-25-10-11-8-13(19(29)27-32-7-5-28)18(17(22)16(11)21)26-15-3-2-12(23)9-14(15)20/h2-4,8-10,26,28H,5-7H2,1H3,(H,27,29)/b24-4+,25-10+. The quantitative estimate of drug-likeness (QED) is 0.167. The van der Waals surface area contributed by atoms with Crippen LogP contribution in [0.3, 0.4) is 0 Å². The summed E-state index contributed by atoms with van der Waals surface area (Å²) in [6, 6.07) is 4.99. The van der Waals surface area contributed by atoms with Crippen LogP contribution in [-0.4, -0.2) is 50.4 Å². The third kappa shape index (κ3) is 7.06. The maximum Gasteiger partial charge on any atom is 0.277 e. The first-order valence-electron chi connectivity index (χ1n) is 8.86. The number of amides is 1. The fourth-order valence-electron chi connectivity index (χ4n) is 2.26. The third-order valence-electron chi connectivity index (χ3n) is 3.62. The van der Waals surface area contributed by atoms with Crippen LogP contribution < -0.4 is 10.8 Å². The highest BCUT2D eigenvalue weighted by molar-refractivity contribution is 14.1. The summed E-state index contributed by atoms with van der Waals surface area (Å²) in [6.45, 7) is -0.740. The van der Waals surface area contributed by atoms with Crippen LogP contribution in [0.25, 0.3) is 0 Å². The molecule has 1 amide bonds. The van der Waals surface area contributed by atoms with Crippen LogP contribution in [0, 0.1) is 21.0 Å². The number of hydrogen-bond acceptors (Lipinski definition) is 8. The van der Waals surface area contributed by atoms with Gasteiger partial charge in [0.05, 0.1) is 42.6 Å². The Morgan fingerprint density at radius 3 is 2.69 bits per heavy atom. The van der Waals surface area contributed by atoms with Gasteiger partial charge >= 0.3 is 0 Å². The Labute approximate surface area is 194 Å². The van der Waals surface area contributed by atoms with Crippen LogP contribution in [0.2, 0.25) is 0 Å². The molecule has 0 saturated heterocycles. The number of aliphatic hydroxyl groups excluding tert-OH is 1. The molecular weight excluding hydrogens is 548 g/mol. The SMILES string of the molecule is CO/N=C/CO/N=C/c1cc(C(=O)NOCCO)c(Nc2ccc(I)cc2F)c(F)c1F. The first-order valence-corrected chi connectivity index (χ1v) is 9.94. The molecule has 172 valence electrons. The average molecular weight is 566 g/mol. The predicted molar refractivity (Wildman–Crippen MR) is 118 cm³/mol. The zero-order valence-corrected chi connectivity index (χ0v) is 18.7. The molecule has 0 fully saturated rings. The molecule has 0 aliphatic heterocycles. The molecule has 0 heterocycles. The van der Waals surface area contributed by atoms with E-state index in [1.165, 1.54) is 31.5 Å². The number of rotatable bonds is 11. The second kappa shape index (κ2) is 12.8. The fourth-order valence-corrected chi connectivity index (χ4v) is 2.71. The molecule has 9 nitrogen and oxygen atoms in total. The van der Waals surface area contributed by atoms with E-state index in [-0.39, 0.29) is 18.9 Å². The largest absolute Gasteiger partial charge is 0.399 e. The molecule has 0 aliphatic rings. The van der Waals surface area contributed by atoms with Crippen molar-refractivity contribution >= 4 is 52.3 Å². The highest BCUT2D eigenvalue weighted by Gasteiger charge is 2.23. The minimum atomic E-state index is -1.46. The lowest BCUT2D eigenvalue weighted by atomic mass is 10.1. The highest BCUT2D eigenvalue weighted by atomic mass is 127. The summed E-state index contributed by atoms with van der Waals surface area (Å²) in [7, 11) is 1.33. The van der Waals surface area contributed by atoms with Crippen LogP contribution in [0.1, 0.15) is 15.9 Å². The first kappa shape index (κ1) is 25.4. The number of carbonyl (C=O) groups excluding carboxylic acids is 1. The molecule has 0 aliphatic carbocycles. The maximum atomic E-state index is 14.9. The number of benzene rings is 2. The number of nitrogens with zero attached hydrogens (tertiary/aromatic N) is 2. The smallest absolute Gasteiger partial charge is 0.277 e. The Balaban J connectivity index is 2.41. The summed E-state index contributed by atoms with van der Waals surface area (Å²) in [6.07, 6.45) is 2.08. The van der Waals surface area contributed by atoms with Crippen molar-refractivity contribution in [3.8, 4) is 0 Å². The molecule has 2 aromatic carbocycles. The Hall–Kier alpha value is -2.91. The van der Waals surface area contributed by atoms with E-state index in [0.717, 1.165) is 12.3 Å². The van der Waals surface area contributed by atoms with E-state index in [9.17, 15) is 18.0 Å². The van der Waals surface area contributed by atoms with Crippen molar-refractivity contribution in [2.45, 2.75) is 0 Å².